The van der Waals surface area contributed by atoms with Crippen molar-refractivity contribution in [1.29, 1.82) is 0 Å². The molecule has 1 aliphatic carbocycles. The largest absolute Gasteiger partial charge is 0.458 e. The molecule has 1 saturated carbocycles. The predicted molar refractivity (Wildman–Crippen MR) is 104 cm³/mol. The summed E-state index contributed by atoms with van der Waals surface area (Å²) in [4.78, 5) is 15.4. The Morgan fingerprint density at radius 1 is 1.19 bits per heavy atom. The molecule has 3 atom stereocenters. The summed E-state index contributed by atoms with van der Waals surface area (Å²) < 4.78 is 11.3. The third-order valence-electron chi connectivity index (χ3n) is 5.86. The van der Waals surface area contributed by atoms with Crippen LogP contribution in [0.1, 0.15) is 64.5 Å². The average molecular weight is 376 g/mol. The summed E-state index contributed by atoms with van der Waals surface area (Å²) in [5, 5.41) is 11.6. The lowest BCUT2D eigenvalue weighted by Crippen LogP contribution is -2.56. The first-order valence-electron chi connectivity index (χ1n) is 10.00. The van der Waals surface area contributed by atoms with Crippen LogP contribution in [0.15, 0.2) is 30.3 Å². The van der Waals surface area contributed by atoms with Crippen molar-refractivity contribution < 1.29 is 19.4 Å². The van der Waals surface area contributed by atoms with E-state index in [0.717, 1.165) is 24.8 Å². The molecular weight excluding hydrogens is 342 g/mol. The van der Waals surface area contributed by atoms with Crippen molar-refractivity contribution in [3.05, 3.63) is 35.9 Å². The molecule has 1 aromatic rings. The maximum atomic E-state index is 13.3. The Balaban J connectivity index is 1.96. The zero-order valence-electron chi connectivity index (χ0n) is 17.0. The molecule has 150 valence electrons. The number of aliphatic hydroxyl groups is 1. The van der Waals surface area contributed by atoms with Crippen LogP contribution in [0.3, 0.4) is 0 Å². The van der Waals surface area contributed by atoms with Gasteiger partial charge in [-0.05, 0) is 39.2 Å². The maximum Gasteiger partial charge on any atom is 0.331 e. The van der Waals surface area contributed by atoms with Gasteiger partial charge in [0.15, 0.2) is 5.54 Å². The molecule has 1 saturated heterocycles. The Morgan fingerprint density at radius 2 is 1.81 bits per heavy atom. The molecule has 1 N–H and O–H groups in total. The predicted octanol–water partition coefficient (Wildman–Crippen LogP) is 3.47. The fourth-order valence-corrected chi connectivity index (χ4v) is 4.49. The molecule has 0 bridgehead atoms. The first kappa shape index (κ1) is 20.3. The third kappa shape index (κ3) is 3.91. The summed E-state index contributed by atoms with van der Waals surface area (Å²) in [6.07, 6.45) is 4.26. The van der Waals surface area contributed by atoms with Gasteiger partial charge in [0.05, 0.1) is 18.2 Å². The minimum absolute atomic E-state index is 0.0883. The molecule has 0 aromatic heterocycles. The van der Waals surface area contributed by atoms with Gasteiger partial charge >= 0.3 is 5.97 Å². The van der Waals surface area contributed by atoms with Gasteiger partial charge in [0.1, 0.15) is 5.60 Å². The zero-order chi connectivity index (χ0) is 19.7. The molecule has 27 heavy (non-hydrogen) atoms. The Kier molecular flexibility index (Phi) is 5.67. The number of hydrogen-bond donors (Lipinski definition) is 1. The van der Waals surface area contributed by atoms with Gasteiger partial charge in [-0.25, -0.2) is 4.79 Å². The van der Waals surface area contributed by atoms with Crippen molar-refractivity contribution in [2.24, 2.45) is 0 Å². The number of benzene rings is 1. The molecule has 1 aliphatic heterocycles. The van der Waals surface area contributed by atoms with Crippen LogP contribution >= 0.6 is 0 Å². The minimum atomic E-state index is -1.05. The number of rotatable bonds is 6. The van der Waals surface area contributed by atoms with Crippen molar-refractivity contribution >= 4 is 5.97 Å². The highest BCUT2D eigenvalue weighted by atomic mass is 16.6. The summed E-state index contributed by atoms with van der Waals surface area (Å²) >= 11 is 0. The van der Waals surface area contributed by atoms with Gasteiger partial charge in [-0.1, -0.05) is 49.6 Å². The molecule has 2 fully saturated rings. The van der Waals surface area contributed by atoms with Gasteiger partial charge in [0, 0.05) is 13.7 Å². The molecule has 0 spiro atoms. The number of hydrogen-bond acceptors (Lipinski definition) is 5. The molecule has 1 heterocycles. The number of carbonyl (C=O) groups is 1. The Morgan fingerprint density at radius 3 is 2.37 bits per heavy atom. The summed E-state index contributed by atoms with van der Waals surface area (Å²) in [7, 11) is 1.67. The first-order chi connectivity index (χ1) is 12.7. The standard InChI is InChI=1S/C22H33NO4/c1-20(2,3)27-19(24)22(21(25)13-9-6-10-14-21)16-23(22)18(15-26-4)17-11-7-5-8-12-17/h5,7-8,11-12,18,25H,6,9-10,13-16H2,1-4H3/t18-,22-,23?/m0/s1. The van der Waals surface area contributed by atoms with E-state index in [1.54, 1.807) is 7.11 Å². The number of esters is 1. The molecule has 1 unspecified atom stereocenters. The lowest BCUT2D eigenvalue weighted by Gasteiger charge is -2.40. The summed E-state index contributed by atoms with van der Waals surface area (Å²) in [6, 6.07) is 9.97. The topological polar surface area (TPSA) is 58.8 Å². The van der Waals surface area contributed by atoms with Gasteiger partial charge in [0.2, 0.25) is 0 Å². The Hall–Kier alpha value is -1.43. The van der Waals surface area contributed by atoms with E-state index >= 15 is 0 Å². The van der Waals surface area contributed by atoms with Crippen molar-refractivity contribution in [1.82, 2.24) is 4.90 Å². The van der Waals surface area contributed by atoms with Crippen molar-refractivity contribution in [3.63, 3.8) is 0 Å². The molecule has 5 nitrogen and oxygen atoms in total. The number of ether oxygens (including phenoxy) is 2. The van der Waals surface area contributed by atoms with Crippen LogP contribution in [0.4, 0.5) is 0 Å². The second-order valence-corrected chi connectivity index (χ2v) is 8.96. The van der Waals surface area contributed by atoms with Crippen molar-refractivity contribution in [2.75, 3.05) is 20.3 Å². The van der Waals surface area contributed by atoms with E-state index in [1.807, 2.05) is 51.1 Å². The fraction of sp³-hybridized carbons (Fsp3) is 0.682. The van der Waals surface area contributed by atoms with Gasteiger partial charge in [-0.2, -0.15) is 0 Å². The quantitative estimate of drug-likeness (QED) is 0.609. The summed E-state index contributed by atoms with van der Waals surface area (Å²) in [5.74, 6) is -0.309. The molecule has 2 aliphatic rings. The second-order valence-electron chi connectivity index (χ2n) is 8.96. The van der Waals surface area contributed by atoms with E-state index in [1.165, 1.54) is 0 Å². The normalized spacial score (nSPS) is 28.4. The fourth-order valence-electron chi connectivity index (χ4n) is 4.49. The van der Waals surface area contributed by atoms with Crippen LogP contribution in [0.5, 0.6) is 0 Å². The van der Waals surface area contributed by atoms with Gasteiger partial charge in [-0.3, -0.25) is 4.90 Å². The first-order valence-corrected chi connectivity index (χ1v) is 10.00. The molecule has 5 heteroatoms. The molecule has 0 amide bonds. The van der Waals surface area contributed by atoms with Crippen molar-refractivity contribution in [3.8, 4) is 0 Å². The highest BCUT2D eigenvalue weighted by molar-refractivity contribution is 5.87. The van der Waals surface area contributed by atoms with Gasteiger partial charge in [-0.15, -0.1) is 0 Å². The van der Waals surface area contributed by atoms with Crippen molar-refractivity contribution in [2.45, 2.75) is 75.7 Å². The number of methoxy groups -OCH3 is 1. The van der Waals surface area contributed by atoms with E-state index in [0.29, 0.717) is 26.0 Å². The van der Waals surface area contributed by atoms with E-state index in [2.05, 4.69) is 4.90 Å². The van der Waals surface area contributed by atoms with Crippen LogP contribution in [0.25, 0.3) is 0 Å². The third-order valence-corrected chi connectivity index (χ3v) is 5.86. The molecule has 1 aromatic carbocycles. The summed E-state index contributed by atoms with van der Waals surface area (Å²) in [5.41, 5.74) is -1.54. The zero-order valence-corrected chi connectivity index (χ0v) is 17.0. The van der Waals surface area contributed by atoms with E-state index in [4.69, 9.17) is 9.47 Å². The van der Waals surface area contributed by atoms with E-state index in [-0.39, 0.29) is 12.0 Å². The van der Waals surface area contributed by atoms with E-state index in [9.17, 15) is 9.90 Å². The number of carbonyl (C=O) groups excluding carboxylic acids is 1. The van der Waals surface area contributed by atoms with Crippen LogP contribution in [0.2, 0.25) is 0 Å². The SMILES string of the molecule is COC[C@@H](c1ccccc1)N1C[C@]1(C(=O)OC(C)(C)C)C1(O)CCCCC1. The van der Waals surface area contributed by atoms with Crippen LogP contribution < -0.4 is 0 Å². The van der Waals surface area contributed by atoms with Gasteiger partial charge < -0.3 is 14.6 Å². The second kappa shape index (κ2) is 7.53. The molecule has 0 radical (unpaired) electrons. The van der Waals surface area contributed by atoms with Crippen LogP contribution in [-0.4, -0.2) is 53.0 Å². The minimum Gasteiger partial charge on any atom is -0.458 e. The summed E-state index contributed by atoms with van der Waals surface area (Å²) in [6.45, 7) is 6.59. The smallest absolute Gasteiger partial charge is 0.331 e. The average Bonchev–Trinajstić information content (AvgIpc) is 3.37. The van der Waals surface area contributed by atoms with Crippen LogP contribution in [0, 0.1) is 0 Å². The molecular formula is C22H33NO4. The lowest BCUT2D eigenvalue weighted by atomic mass is 9.74. The number of nitrogens with zero attached hydrogens (tertiary/aromatic N) is 1. The van der Waals surface area contributed by atoms with E-state index < -0.39 is 16.7 Å². The maximum absolute atomic E-state index is 13.3. The monoisotopic (exact) mass is 375 g/mol. The van der Waals surface area contributed by atoms with Gasteiger partial charge in [0.25, 0.3) is 0 Å². The Labute approximate surface area is 162 Å². The molecule has 3 rings (SSSR count). The van der Waals surface area contributed by atoms with Crippen LogP contribution in [-0.2, 0) is 14.3 Å². The Bertz CT molecular complexity index is 648. The highest BCUT2D eigenvalue weighted by Gasteiger charge is 2.72. The lowest BCUT2D eigenvalue weighted by molar-refractivity contribution is -0.172. The highest BCUT2D eigenvalue weighted by Crippen LogP contribution is 2.54.